The first kappa shape index (κ1) is 18.4. The van der Waals surface area contributed by atoms with Crippen LogP contribution in [0.5, 0.6) is 0 Å². The van der Waals surface area contributed by atoms with E-state index in [1.54, 1.807) is 0 Å². The molecule has 2 aliphatic carbocycles. The number of hydrogen-bond acceptors (Lipinski definition) is 3. The van der Waals surface area contributed by atoms with E-state index >= 15 is 0 Å². The van der Waals surface area contributed by atoms with Gasteiger partial charge in [0.05, 0.1) is 12.6 Å². The van der Waals surface area contributed by atoms with Gasteiger partial charge in [0.15, 0.2) is 0 Å². The van der Waals surface area contributed by atoms with Crippen molar-refractivity contribution in [3.05, 3.63) is 35.4 Å². The molecule has 0 aromatic heterocycles. The Morgan fingerprint density at radius 3 is 2.96 bits per heavy atom. The molecule has 4 nitrogen and oxygen atoms in total. The summed E-state index contributed by atoms with van der Waals surface area (Å²) in [5, 5.41) is 14.0. The van der Waals surface area contributed by atoms with Crippen LogP contribution >= 0.6 is 0 Å². The molecule has 2 N–H and O–H groups in total. The summed E-state index contributed by atoms with van der Waals surface area (Å²) in [6.45, 7) is 4.31. The molecule has 25 heavy (non-hydrogen) atoms. The molecule has 0 radical (unpaired) electrons. The molecule has 4 atom stereocenters. The first-order chi connectivity index (χ1) is 12.0. The topological polar surface area (TPSA) is 58.6 Å². The number of rotatable bonds is 5. The van der Waals surface area contributed by atoms with E-state index in [0.29, 0.717) is 12.3 Å². The second kappa shape index (κ2) is 7.88. The summed E-state index contributed by atoms with van der Waals surface area (Å²) < 4.78 is 5.97. The maximum absolute atomic E-state index is 12.4. The van der Waals surface area contributed by atoms with Crippen molar-refractivity contribution >= 4 is 5.91 Å². The molecule has 1 aromatic carbocycles. The molecule has 0 bridgehead atoms. The lowest BCUT2D eigenvalue weighted by Gasteiger charge is -2.35. The third-order valence-corrected chi connectivity index (χ3v) is 5.76. The zero-order chi connectivity index (χ0) is 17.9. The number of aryl methyl sites for hydroxylation is 1. The maximum atomic E-state index is 12.4. The number of benzene rings is 1. The Morgan fingerprint density at radius 2 is 2.16 bits per heavy atom. The molecule has 1 fully saturated rings. The minimum absolute atomic E-state index is 0.130. The fourth-order valence-electron chi connectivity index (χ4n) is 4.31. The number of nitrogens with one attached hydrogen (secondary N) is 1. The van der Waals surface area contributed by atoms with Crippen molar-refractivity contribution < 1.29 is 14.6 Å². The van der Waals surface area contributed by atoms with Crippen molar-refractivity contribution in [2.75, 3.05) is 6.54 Å². The Kier molecular flexibility index (Phi) is 5.80. The molecule has 0 spiro atoms. The van der Waals surface area contributed by atoms with E-state index in [9.17, 15) is 9.90 Å². The van der Waals surface area contributed by atoms with Gasteiger partial charge in [-0.1, -0.05) is 44.0 Å². The van der Waals surface area contributed by atoms with Gasteiger partial charge in [0.25, 0.3) is 0 Å². The van der Waals surface area contributed by atoms with Gasteiger partial charge in [-0.15, -0.1) is 0 Å². The minimum Gasteiger partial charge on any atom is -0.383 e. The predicted molar refractivity (Wildman–Crippen MR) is 98.3 cm³/mol. The number of fused-ring (bicyclic) bond motifs is 1. The zero-order valence-corrected chi connectivity index (χ0v) is 15.5. The van der Waals surface area contributed by atoms with Crippen LogP contribution in [0.15, 0.2) is 24.3 Å². The molecular formula is C21H31NO3. The van der Waals surface area contributed by atoms with Crippen molar-refractivity contribution in [1.29, 1.82) is 0 Å². The second-order valence-electron chi connectivity index (χ2n) is 7.93. The van der Waals surface area contributed by atoms with E-state index in [1.807, 2.05) is 25.1 Å². The predicted octanol–water partition coefficient (Wildman–Crippen LogP) is 3.31. The van der Waals surface area contributed by atoms with Crippen molar-refractivity contribution in [2.24, 2.45) is 5.92 Å². The van der Waals surface area contributed by atoms with E-state index < -0.39 is 11.7 Å². The summed E-state index contributed by atoms with van der Waals surface area (Å²) in [4.78, 5) is 12.4. The zero-order valence-electron chi connectivity index (χ0n) is 15.5. The van der Waals surface area contributed by atoms with Gasteiger partial charge in [-0.05, 0) is 56.1 Å². The molecule has 4 heteroatoms. The lowest BCUT2D eigenvalue weighted by Crippen LogP contribution is -2.46. The summed E-state index contributed by atoms with van der Waals surface area (Å²) in [7, 11) is 0. The third kappa shape index (κ3) is 4.42. The standard InChI is InChI=1S/C21H31NO3/c1-15-7-5-10-18(13-15)25-16(2)20(23)22-14-21(24)12-6-9-17-8-3-4-11-19(17)21/h3-4,8,11,15-16,18,24H,5-7,9-10,12-14H2,1-2H3,(H,22,23). The van der Waals surface area contributed by atoms with Crippen LogP contribution in [-0.2, 0) is 21.6 Å². The highest BCUT2D eigenvalue weighted by atomic mass is 16.5. The number of amides is 1. The average Bonchev–Trinajstić information content (AvgIpc) is 2.60. The Hall–Kier alpha value is -1.39. The van der Waals surface area contributed by atoms with Crippen LogP contribution in [0.4, 0.5) is 0 Å². The molecule has 3 rings (SSSR count). The largest absolute Gasteiger partial charge is 0.383 e. The fourth-order valence-corrected chi connectivity index (χ4v) is 4.31. The van der Waals surface area contributed by atoms with E-state index in [1.165, 1.54) is 18.4 Å². The molecule has 1 aromatic rings. The van der Waals surface area contributed by atoms with E-state index in [4.69, 9.17) is 4.74 Å². The van der Waals surface area contributed by atoms with Gasteiger partial charge in [-0.3, -0.25) is 4.79 Å². The van der Waals surface area contributed by atoms with Gasteiger partial charge in [-0.25, -0.2) is 0 Å². The molecule has 2 aliphatic rings. The number of carbonyl (C=O) groups excluding carboxylic acids is 1. The summed E-state index contributed by atoms with van der Waals surface area (Å²) in [6, 6.07) is 8.00. The van der Waals surface area contributed by atoms with Crippen molar-refractivity contribution in [3.63, 3.8) is 0 Å². The van der Waals surface area contributed by atoms with E-state index in [-0.39, 0.29) is 18.6 Å². The van der Waals surface area contributed by atoms with Gasteiger partial charge in [-0.2, -0.15) is 0 Å². The molecule has 1 saturated carbocycles. The molecule has 0 saturated heterocycles. The van der Waals surface area contributed by atoms with E-state index in [2.05, 4.69) is 18.3 Å². The molecular weight excluding hydrogens is 314 g/mol. The molecule has 1 amide bonds. The molecule has 0 heterocycles. The van der Waals surface area contributed by atoms with Gasteiger partial charge in [0.1, 0.15) is 11.7 Å². The number of ether oxygens (including phenoxy) is 1. The first-order valence-electron chi connectivity index (χ1n) is 9.72. The smallest absolute Gasteiger partial charge is 0.248 e. The number of hydrogen-bond donors (Lipinski definition) is 2. The van der Waals surface area contributed by atoms with Crippen molar-refractivity contribution in [1.82, 2.24) is 5.32 Å². The lowest BCUT2D eigenvalue weighted by molar-refractivity contribution is -0.138. The van der Waals surface area contributed by atoms with Crippen LogP contribution in [0.3, 0.4) is 0 Å². The SMILES string of the molecule is CC1CCCC(OC(C)C(=O)NCC2(O)CCCc3ccccc32)C1. The Labute approximate surface area is 151 Å². The van der Waals surface area contributed by atoms with Crippen LogP contribution in [0.2, 0.25) is 0 Å². The van der Waals surface area contributed by atoms with Gasteiger partial charge in [0.2, 0.25) is 5.91 Å². The number of aliphatic hydroxyl groups is 1. The highest BCUT2D eigenvalue weighted by Crippen LogP contribution is 2.34. The fraction of sp³-hybridized carbons (Fsp3) is 0.667. The van der Waals surface area contributed by atoms with Gasteiger partial charge in [0, 0.05) is 0 Å². The molecule has 138 valence electrons. The monoisotopic (exact) mass is 345 g/mol. The molecule has 4 unspecified atom stereocenters. The minimum atomic E-state index is -0.969. The average molecular weight is 345 g/mol. The number of carbonyl (C=O) groups is 1. The summed E-state index contributed by atoms with van der Waals surface area (Å²) in [6.07, 6.45) is 6.83. The van der Waals surface area contributed by atoms with Crippen LogP contribution < -0.4 is 5.32 Å². The second-order valence-corrected chi connectivity index (χ2v) is 7.93. The van der Waals surface area contributed by atoms with Crippen molar-refractivity contribution in [3.8, 4) is 0 Å². The normalized spacial score (nSPS) is 30.4. The summed E-state index contributed by atoms with van der Waals surface area (Å²) in [5.74, 6) is 0.545. The molecule has 0 aliphatic heterocycles. The van der Waals surface area contributed by atoms with Crippen molar-refractivity contribution in [2.45, 2.75) is 76.6 Å². The highest BCUT2D eigenvalue weighted by molar-refractivity contribution is 5.80. The van der Waals surface area contributed by atoms with Crippen LogP contribution in [0, 0.1) is 5.92 Å². The lowest BCUT2D eigenvalue weighted by atomic mass is 9.79. The van der Waals surface area contributed by atoms with E-state index in [0.717, 1.165) is 31.2 Å². The van der Waals surface area contributed by atoms with Gasteiger partial charge < -0.3 is 15.2 Å². The van der Waals surface area contributed by atoms with Crippen LogP contribution in [0.25, 0.3) is 0 Å². The Morgan fingerprint density at radius 1 is 1.36 bits per heavy atom. The highest BCUT2D eigenvalue weighted by Gasteiger charge is 2.35. The Bertz CT molecular complexity index is 603. The Balaban J connectivity index is 1.55. The summed E-state index contributed by atoms with van der Waals surface area (Å²) >= 11 is 0. The van der Waals surface area contributed by atoms with Crippen LogP contribution in [-0.4, -0.2) is 29.8 Å². The maximum Gasteiger partial charge on any atom is 0.248 e. The van der Waals surface area contributed by atoms with Crippen LogP contribution in [0.1, 0.15) is 63.5 Å². The third-order valence-electron chi connectivity index (χ3n) is 5.76. The first-order valence-corrected chi connectivity index (χ1v) is 9.72. The van der Waals surface area contributed by atoms with Gasteiger partial charge >= 0.3 is 0 Å². The summed E-state index contributed by atoms with van der Waals surface area (Å²) in [5.41, 5.74) is 1.17. The quantitative estimate of drug-likeness (QED) is 0.861.